The minimum absolute atomic E-state index is 0.0877. The maximum atomic E-state index is 12.1. The molecular weight excluding hydrogens is 350 g/mol. The Morgan fingerprint density at radius 3 is 2.62 bits per heavy atom. The molecule has 0 bridgehead atoms. The van der Waals surface area contributed by atoms with Gasteiger partial charge in [0.25, 0.3) is 5.91 Å². The fraction of sp³-hybridized carbons (Fsp3) is 0.211. The summed E-state index contributed by atoms with van der Waals surface area (Å²) in [7, 11) is 0. The number of ether oxygens (including phenoxy) is 1. The molecule has 0 aliphatic heterocycles. The van der Waals surface area contributed by atoms with Gasteiger partial charge in [-0.15, -0.1) is 0 Å². The number of carbonyl (C=O) groups is 2. The lowest BCUT2D eigenvalue weighted by Gasteiger charge is -2.07. The van der Waals surface area contributed by atoms with Gasteiger partial charge in [0, 0.05) is 12.6 Å². The highest BCUT2D eigenvalue weighted by molar-refractivity contribution is 7.22. The molecule has 0 fully saturated rings. The van der Waals surface area contributed by atoms with Gasteiger partial charge in [0.15, 0.2) is 11.7 Å². The van der Waals surface area contributed by atoms with Crippen LogP contribution in [-0.4, -0.2) is 23.4 Å². The van der Waals surface area contributed by atoms with E-state index in [9.17, 15) is 9.59 Å². The van der Waals surface area contributed by atoms with Crippen molar-refractivity contribution in [2.24, 2.45) is 0 Å². The van der Waals surface area contributed by atoms with Crippen molar-refractivity contribution < 1.29 is 14.3 Å². The summed E-state index contributed by atoms with van der Waals surface area (Å²) < 4.78 is 6.41. The number of anilines is 2. The Hall–Kier alpha value is -2.93. The van der Waals surface area contributed by atoms with Crippen molar-refractivity contribution in [3.63, 3.8) is 0 Å². The van der Waals surface area contributed by atoms with Crippen LogP contribution in [0.5, 0.6) is 5.75 Å². The Kier molecular flexibility index (Phi) is 5.18. The SMILES string of the molecule is CC(=O)Nc1ccc2nc(NC(=O)COc3ccc(C)c(C)c3)sc2c1. The van der Waals surface area contributed by atoms with Gasteiger partial charge in [0.05, 0.1) is 10.2 Å². The van der Waals surface area contributed by atoms with Crippen LogP contribution < -0.4 is 15.4 Å². The number of rotatable bonds is 5. The summed E-state index contributed by atoms with van der Waals surface area (Å²) in [5, 5.41) is 5.96. The zero-order valence-electron chi connectivity index (χ0n) is 14.8. The van der Waals surface area contributed by atoms with Gasteiger partial charge in [-0.25, -0.2) is 4.98 Å². The molecule has 134 valence electrons. The fourth-order valence-corrected chi connectivity index (χ4v) is 3.29. The van der Waals surface area contributed by atoms with Crippen molar-refractivity contribution in [1.82, 2.24) is 4.98 Å². The monoisotopic (exact) mass is 369 g/mol. The van der Waals surface area contributed by atoms with E-state index in [4.69, 9.17) is 4.74 Å². The van der Waals surface area contributed by atoms with E-state index in [-0.39, 0.29) is 18.4 Å². The molecule has 26 heavy (non-hydrogen) atoms. The molecule has 0 spiro atoms. The third-order valence-corrected chi connectivity index (χ3v) is 4.74. The van der Waals surface area contributed by atoms with E-state index in [0.29, 0.717) is 16.6 Å². The number of nitrogens with zero attached hydrogens (tertiary/aromatic N) is 1. The van der Waals surface area contributed by atoms with Gasteiger partial charge in [-0.2, -0.15) is 0 Å². The summed E-state index contributed by atoms with van der Waals surface area (Å²) >= 11 is 1.34. The molecule has 2 N–H and O–H groups in total. The summed E-state index contributed by atoms with van der Waals surface area (Å²) in [5.74, 6) is 0.253. The van der Waals surface area contributed by atoms with Gasteiger partial charge >= 0.3 is 0 Å². The van der Waals surface area contributed by atoms with E-state index < -0.39 is 0 Å². The second-order valence-corrected chi connectivity index (χ2v) is 7.00. The zero-order valence-corrected chi connectivity index (χ0v) is 15.6. The largest absolute Gasteiger partial charge is 0.484 e. The molecule has 0 aliphatic rings. The summed E-state index contributed by atoms with van der Waals surface area (Å²) in [5.41, 5.74) is 3.75. The summed E-state index contributed by atoms with van der Waals surface area (Å²) in [4.78, 5) is 27.6. The first-order valence-electron chi connectivity index (χ1n) is 8.09. The van der Waals surface area contributed by atoms with Gasteiger partial charge < -0.3 is 10.1 Å². The lowest BCUT2D eigenvalue weighted by molar-refractivity contribution is -0.118. The average Bonchev–Trinajstić information content (AvgIpc) is 2.96. The summed E-state index contributed by atoms with van der Waals surface area (Å²) in [6, 6.07) is 11.1. The normalized spacial score (nSPS) is 10.6. The van der Waals surface area contributed by atoms with Crippen LogP contribution in [0.15, 0.2) is 36.4 Å². The van der Waals surface area contributed by atoms with Crippen molar-refractivity contribution in [2.75, 3.05) is 17.2 Å². The number of fused-ring (bicyclic) bond motifs is 1. The van der Waals surface area contributed by atoms with Crippen LogP contribution in [0.2, 0.25) is 0 Å². The first kappa shape index (κ1) is 17.9. The van der Waals surface area contributed by atoms with Crippen molar-refractivity contribution in [1.29, 1.82) is 0 Å². The third kappa shape index (κ3) is 4.37. The topological polar surface area (TPSA) is 80.3 Å². The highest BCUT2D eigenvalue weighted by Gasteiger charge is 2.10. The van der Waals surface area contributed by atoms with Crippen molar-refractivity contribution in [2.45, 2.75) is 20.8 Å². The Labute approximate surface area is 155 Å². The minimum atomic E-state index is -0.274. The number of hydrogen-bond donors (Lipinski definition) is 2. The number of aryl methyl sites for hydroxylation is 2. The van der Waals surface area contributed by atoms with E-state index >= 15 is 0 Å². The number of thiazole rings is 1. The third-order valence-electron chi connectivity index (χ3n) is 3.80. The number of benzene rings is 2. The molecule has 2 aromatic carbocycles. The molecular formula is C19H19N3O3S. The molecule has 7 heteroatoms. The van der Waals surface area contributed by atoms with Crippen LogP contribution >= 0.6 is 11.3 Å². The molecule has 0 radical (unpaired) electrons. The molecule has 0 atom stereocenters. The number of nitrogens with one attached hydrogen (secondary N) is 2. The molecule has 6 nitrogen and oxygen atoms in total. The lowest BCUT2D eigenvalue weighted by Crippen LogP contribution is -2.20. The summed E-state index contributed by atoms with van der Waals surface area (Å²) in [6.07, 6.45) is 0. The number of amides is 2. The van der Waals surface area contributed by atoms with E-state index in [1.165, 1.54) is 23.8 Å². The Morgan fingerprint density at radius 1 is 1.08 bits per heavy atom. The Morgan fingerprint density at radius 2 is 1.88 bits per heavy atom. The summed E-state index contributed by atoms with van der Waals surface area (Å²) in [6.45, 7) is 5.39. The fourth-order valence-electron chi connectivity index (χ4n) is 2.37. The van der Waals surface area contributed by atoms with E-state index in [1.807, 2.05) is 38.1 Å². The standard InChI is InChI=1S/C19H19N3O3S/c1-11-4-6-15(8-12(11)2)25-10-18(24)22-19-21-16-7-5-14(20-13(3)23)9-17(16)26-19/h4-9H,10H2,1-3H3,(H,20,23)(H,21,22,24). The quantitative estimate of drug-likeness (QED) is 0.715. The van der Waals surface area contributed by atoms with Gasteiger partial charge in [0.2, 0.25) is 5.91 Å². The second kappa shape index (κ2) is 7.53. The predicted molar refractivity (Wildman–Crippen MR) is 104 cm³/mol. The molecule has 3 aromatic rings. The second-order valence-electron chi connectivity index (χ2n) is 5.97. The van der Waals surface area contributed by atoms with Crippen molar-refractivity contribution in [3.05, 3.63) is 47.5 Å². The minimum Gasteiger partial charge on any atom is -0.484 e. The van der Waals surface area contributed by atoms with Crippen LogP contribution in [-0.2, 0) is 9.59 Å². The Balaban J connectivity index is 1.63. The number of aromatic nitrogens is 1. The van der Waals surface area contributed by atoms with Crippen molar-refractivity contribution in [3.8, 4) is 5.75 Å². The van der Waals surface area contributed by atoms with Crippen LogP contribution in [0.4, 0.5) is 10.8 Å². The molecule has 0 unspecified atom stereocenters. The number of hydrogen-bond acceptors (Lipinski definition) is 5. The molecule has 3 rings (SSSR count). The number of carbonyl (C=O) groups excluding carboxylic acids is 2. The molecule has 1 heterocycles. The molecule has 2 amide bonds. The molecule has 1 aromatic heterocycles. The maximum Gasteiger partial charge on any atom is 0.264 e. The lowest BCUT2D eigenvalue weighted by atomic mass is 10.1. The molecule has 0 saturated carbocycles. The van der Waals surface area contributed by atoms with Gasteiger partial charge in [-0.1, -0.05) is 17.4 Å². The highest BCUT2D eigenvalue weighted by atomic mass is 32.1. The van der Waals surface area contributed by atoms with Crippen molar-refractivity contribution >= 4 is 44.2 Å². The average molecular weight is 369 g/mol. The highest BCUT2D eigenvalue weighted by Crippen LogP contribution is 2.28. The van der Waals surface area contributed by atoms with Crippen LogP contribution in [0.25, 0.3) is 10.2 Å². The van der Waals surface area contributed by atoms with E-state index in [0.717, 1.165) is 15.8 Å². The smallest absolute Gasteiger partial charge is 0.264 e. The maximum absolute atomic E-state index is 12.1. The van der Waals surface area contributed by atoms with Gasteiger partial charge in [-0.05, 0) is 55.3 Å². The van der Waals surface area contributed by atoms with Crippen LogP contribution in [0.1, 0.15) is 18.1 Å². The first-order chi connectivity index (χ1) is 12.4. The van der Waals surface area contributed by atoms with Crippen LogP contribution in [0.3, 0.4) is 0 Å². The first-order valence-corrected chi connectivity index (χ1v) is 8.90. The van der Waals surface area contributed by atoms with E-state index in [1.54, 1.807) is 12.1 Å². The molecule has 0 aliphatic carbocycles. The molecule has 0 saturated heterocycles. The Bertz CT molecular complexity index is 981. The van der Waals surface area contributed by atoms with Gasteiger partial charge in [0.1, 0.15) is 5.75 Å². The van der Waals surface area contributed by atoms with Crippen LogP contribution in [0, 0.1) is 13.8 Å². The zero-order chi connectivity index (χ0) is 18.7. The predicted octanol–water partition coefficient (Wildman–Crippen LogP) is 3.89. The van der Waals surface area contributed by atoms with E-state index in [2.05, 4.69) is 15.6 Å². The van der Waals surface area contributed by atoms with Gasteiger partial charge in [-0.3, -0.25) is 14.9 Å².